The molecular formula is C14H24N2O4S. The lowest BCUT2D eigenvalue weighted by Gasteiger charge is -2.21. The summed E-state index contributed by atoms with van der Waals surface area (Å²) in [5, 5.41) is 9.13. The highest BCUT2D eigenvalue weighted by Gasteiger charge is 2.24. The Morgan fingerprint density at radius 3 is 2.38 bits per heavy atom. The molecule has 0 aliphatic carbocycles. The Bertz CT molecular complexity index is 558. The number of hydrogen-bond acceptors (Lipinski definition) is 5. The van der Waals surface area contributed by atoms with E-state index in [4.69, 9.17) is 9.84 Å². The van der Waals surface area contributed by atoms with Crippen LogP contribution in [-0.4, -0.2) is 70.7 Å². The SMILES string of the molecule is COc1ccc(S(=O)(=O)N(C)CCN(C)C)c(CCO)c1. The summed E-state index contributed by atoms with van der Waals surface area (Å²) in [6.07, 6.45) is 0.271. The molecule has 1 aromatic carbocycles. The van der Waals surface area contributed by atoms with Crippen LogP contribution < -0.4 is 4.74 Å². The Labute approximate surface area is 127 Å². The molecule has 0 aliphatic heterocycles. The number of rotatable bonds is 8. The Kier molecular flexibility index (Phi) is 6.60. The molecular weight excluding hydrogens is 292 g/mol. The minimum Gasteiger partial charge on any atom is -0.497 e. The fourth-order valence-electron chi connectivity index (χ4n) is 1.88. The van der Waals surface area contributed by atoms with E-state index in [1.807, 2.05) is 19.0 Å². The first kappa shape index (κ1) is 17.9. The van der Waals surface area contributed by atoms with E-state index in [2.05, 4.69) is 0 Å². The van der Waals surface area contributed by atoms with E-state index in [1.54, 1.807) is 19.2 Å². The lowest BCUT2D eigenvalue weighted by atomic mass is 10.1. The minimum absolute atomic E-state index is 0.114. The predicted octanol–water partition coefficient (Wildman–Crippen LogP) is 0.412. The molecule has 0 saturated heterocycles. The maximum atomic E-state index is 12.6. The second kappa shape index (κ2) is 7.74. The normalized spacial score (nSPS) is 12.1. The number of methoxy groups -OCH3 is 1. The summed E-state index contributed by atoms with van der Waals surface area (Å²) in [4.78, 5) is 2.15. The average Bonchev–Trinajstić information content (AvgIpc) is 2.44. The van der Waals surface area contributed by atoms with Gasteiger partial charge < -0.3 is 14.7 Å². The molecule has 0 fully saturated rings. The second-order valence-corrected chi connectivity index (χ2v) is 7.09. The van der Waals surface area contributed by atoms with Crippen LogP contribution in [0.15, 0.2) is 23.1 Å². The van der Waals surface area contributed by atoms with Gasteiger partial charge in [-0.25, -0.2) is 8.42 Å². The smallest absolute Gasteiger partial charge is 0.243 e. The van der Waals surface area contributed by atoms with Crippen molar-refractivity contribution in [3.05, 3.63) is 23.8 Å². The van der Waals surface area contributed by atoms with E-state index >= 15 is 0 Å². The Morgan fingerprint density at radius 1 is 1.19 bits per heavy atom. The van der Waals surface area contributed by atoms with Crippen molar-refractivity contribution in [3.63, 3.8) is 0 Å². The molecule has 1 N–H and O–H groups in total. The summed E-state index contributed by atoms with van der Waals surface area (Å²) in [7, 11) is 3.30. The summed E-state index contributed by atoms with van der Waals surface area (Å²) < 4.78 is 31.7. The molecule has 1 aromatic rings. The first-order chi connectivity index (χ1) is 9.82. The zero-order valence-corrected chi connectivity index (χ0v) is 13.9. The van der Waals surface area contributed by atoms with Crippen molar-refractivity contribution in [2.24, 2.45) is 0 Å². The van der Waals surface area contributed by atoms with Crippen molar-refractivity contribution in [3.8, 4) is 5.75 Å². The van der Waals surface area contributed by atoms with Gasteiger partial charge in [0.25, 0.3) is 0 Å². The second-order valence-electron chi connectivity index (χ2n) is 5.08. The first-order valence-electron chi connectivity index (χ1n) is 6.71. The summed E-state index contributed by atoms with van der Waals surface area (Å²) in [6.45, 7) is 0.929. The molecule has 21 heavy (non-hydrogen) atoms. The third kappa shape index (κ3) is 4.67. The van der Waals surface area contributed by atoms with Gasteiger partial charge in [0.05, 0.1) is 12.0 Å². The Morgan fingerprint density at radius 2 is 1.86 bits per heavy atom. The van der Waals surface area contributed by atoms with Gasteiger partial charge in [-0.2, -0.15) is 4.31 Å². The number of nitrogens with zero attached hydrogens (tertiary/aromatic N) is 2. The average molecular weight is 316 g/mol. The van der Waals surface area contributed by atoms with Gasteiger partial charge in [-0.3, -0.25) is 0 Å². The molecule has 0 aromatic heterocycles. The van der Waals surface area contributed by atoms with Gasteiger partial charge in [0.1, 0.15) is 5.75 Å². The van der Waals surface area contributed by atoms with E-state index < -0.39 is 10.0 Å². The zero-order chi connectivity index (χ0) is 16.0. The van der Waals surface area contributed by atoms with E-state index in [9.17, 15) is 8.42 Å². The number of hydrogen-bond donors (Lipinski definition) is 1. The third-order valence-electron chi connectivity index (χ3n) is 3.20. The number of likely N-dealkylation sites (N-methyl/N-ethyl adjacent to an activating group) is 2. The Hall–Kier alpha value is -1.15. The van der Waals surface area contributed by atoms with Crippen LogP contribution in [0.4, 0.5) is 0 Å². The lowest BCUT2D eigenvalue weighted by Crippen LogP contribution is -2.34. The van der Waals surface area contributed by atoms with E-state index in [0.29, 0.717) is 24.4 Å². The zero-order valence-electron chi connectivity index (χ0n) is 13.0. The third-order valence-corrected chi connectivity index (χ3v) is 5.16. The monoisotopic (exact) mass is 316 g/mol. The molecule has 0 atom stereocenters. The topological polar surface area (TPSA) is 70.1 Å². The Balaban J connectivity index is 3.11. The summed E-state index contributed by atoms with van der Waals surface area (Å²) in [5.74, 6) is 0.577. The van der Waals surface area contributed by atoms with Gasteiger partial charge in [0, 0.05) is 26.7 Å². The maximum Gasteiger partial charge on any atom is 0.243 e. The standard InChI is InChI=1S/C14H24N2O4S/c1-15(2)8-9-16(3)21(18,19)14-6-5-13(20-4)11-12(14)7-10-17/h5-6,11,17H,7-10H2,1-4H3. The fourth-order valence-corrected chi connectivity index (χ4v) is 3.27. The van der Waals surface area contributed by atoms with Crippen molar-refractivity contribution >= 4 is 10.0 Å². The molecule has 0 spiro atoms. The van der Waals surface area contributed by atoms with Crippen molar-refractivity contribution in [2.75, 3.05) is 47.9 Å². The number of benzene rings is 1. The van der Waals surface area contributed by atoms with E-state index in [-0.39, 0.29) is 17.9 Å². The number of aliphatic hydroxyl groups is 1. The molecule has 1 rings (SSSR count). The van der Waals surface area contributed by atoms with Crippen LogP contribution in [0, 0.1) is 0 Å². The van der Waals surface area contributed by atoms with Crippen LogP contribution in [0.3, 0.4) is 0 Å². The molecule has 7 heteroatoms. The number of sulfonamides is 1. The van der Waals surface area contributed by atoms with Crippen molar-refractivity contribution in [1.29, 1.82) is 0 Å². The fraction of sp³-hybridized carbons (Fsp3) is 0.571. The molecule has 0 heterocycles. The van der Waals surface area contributed by atoms with E-state index in [0.717, 1.165) is 0 Å². The van der Waals surface area contributed by atoms with Crippen LogP contribution in [-0.2, 0) is 16.4 Å². The number of ether oxygens (including phenoxy) is 1. The van der Waals surface area contributed by atoms with E-state index in [1.165, 1.54) is 17.5 Å². The maximum absolute atomic E-state index is 12.6. The number of aliphatic hydroxyl groups excluding tert-OH is 1. The van der Waals surface area contributed by atoms with Gasteiger partial charge in [-0.1, -0.05) is 0 Å². The summed E-state index contributed by atoms with van der Waals surface area (Å²) in [6, 6.07) is 4.81. The van der Waals surface area contributed by atoms with Gasteiger partial charge in [0.2, 0.25) is 10.0 Å². The van der Waals surface area contributed by atoms with Gasteiger partial charge in [-0.05, 0) is 44.3 Å². The van der Waals surface area contributed by atoms with Gasteiger partial charge in [-0.15, -0.1) is 0 Å². The highest BCUT2D eigenvalue weighted by molar-refractivity contribution is 7.89. The van der Waals surface area contributed by atoms with Gasteiger partial charge in [0.15, 0.2) is 0 Å². The molecule has 6 nitrogen and oxygen atoms in total. The van der Waals surface area contributed by atoms with Crippen LogP contribution >= 0.6 is 0 Å². The molecule has 0 unspecified atom stereocenters. The van der Waals surface area contributed by atoms with Gasteiger partial charge >= 0.3 is 0 Å². The molecule has 0 saturated carbocycles. The highest BCUT2D eigenvalue weighted by atomic mass is 32.2. The lowest BCUT2D eigenvalue weighted by molar-refractivity contribution is 0.298. The quantitative estimate of drug-likeness (QED) is 0.752. The largest absolute Gasteiger partial charge is 0.497 e. The van der Waals surface area contributed by atoms with Crippen molar-refractivity contribution in [1.82, 2.24) is 9.21 Å². The summed E-state index contributed by atoms with van der Waals surface area (Å²) in [5.41, 5.74) is 0.563. The van der Waals surface area contributed by atoms with Crippen molar-refractivity contribution in [2.45, 2.75) is 11.3 Å². The van der Waals surface area contributed by atoms with Crippen LogP contribution in [0.2, 0.25) is 0 Å². The minimum atomic E-state index is -3.57. The molecule has 0 aliphatic rings. The summed E-state index contributed by atoms with van der Waals surface area (Å²) >= 11 is 0. The molecule has 120 valence electrons. The van der Waals surface area contributed by atoms with Crippen molar-refractivity contribution < 1.29 is 18.3 Å². The first-order valence-corrected chi connectivity index (χ1v) is 8.15. The van der Waals surface area contributed by atoms with Crippen LogP contribution in [0.1, 0.15) is 5.56 Å². The van der Waals surface area contributed by atoms with Crippen LogP contribution in [0.25, 0.3) is 0 Å². The molecule has 0 radical (unpaired) electrons. The molecule has 0 amide bonds. The molecule has 0 bridgehead atoms. The predicted molar refractivity (Wildman–Crippen MR) is 82.2 cm³/mol. The van der Waals surface area contributed by atoms with Crippen LogP contribution in [0.5, 0.6) is 5.75 Å². The highest BCUT2D eigenvalue weighted by Crippen LogP contribution is 2.24.